The number of carbonyl (C=O) groups excluding carboxylic acids is 1. The van der Waals surface area contributed by atoms with E-state index in [9.17, 15) is 14.3 Å². The third-order valence-corrected chi connectivity index (χ3v) is 4.30. The number of aliphatic hydroxyl groups excluding tert-OH is 1. The molecular weight excluding hydrogens is 351 g/mol. The molecule has 27 heavy (non-hydrogen) atoms. The molecule has 1 aliphatic rings. The fraction of sp³-hybridized carbons (Fsp3) is 0.211. The van der Waals surface area contributed by atoms with Gasteiger partial charge >= 0.3 is 0 Å². The Morgan fingerprint density at radius 2 is 2.19 bits per heavy atom. The van der Waals surface area contributed by atoms with Crippen molar-refractivity contribution in [2.75, 3.05) is 11.9 Å². The first-order valence-corrected chi connectivity index (χ1v) is 8.50. The van der Waals surface area contributed by atoms with Crippen molar-refractivity contribution < 1.29 is 19.0 Å². The largest absolute Gasteiger partial charge is 0.491 e. The van der Waals surface area contributed by atoms with E-state index in [1.54, 1.807) is 30.3 Å². The van der Waals surface area contributed by atoms with Crippen LogP contribution in [0.25, 0.3) is 0 Å². The molecule has 7 nitrogen and oxygen atoms in total. The minimum absolute atomic E-state index is 0.125. The molecule has 0 saturated heterocycles. The Balaban J connectivity index is 1.50. The monoisotopic (exact) mass is 368 g/mol. The molecule has 8 heteroatoms. The van der Waals surface area contributed by atoms with E-state index in [4.69, 9.17) is 4.74 Å². The van der Waals surface area contributed by atoms with Crippen LogP contribution in [0, 0.1) is 5.82 Å². The van der Waals surface area contributed by atoms with Crippen molar-refractivity contribution >= 4 is 11.6 Å². The Morgan fingerprint density at radius 3 is 3.04 bits per heavy atom. The van der Waals surface area contributed by atoms with E-state index in [-0.39, 0.29) is 11.5 Å². The lowest BCUT2D eigenvalue weighted by Crippen LogP contribution is -2.18. The molecule has 0 radical (unpaired) electrons. The molecule has 4 rings (SSSR count). The van der Waals surface area contributed by atoms with E-state index < -0.39 is 12.0 Å². The Hall–Kier alpha value is -3.26. The number of hydrogen-bond acceptors (Lipinski definition) is 5. The molecule has 0 aliphatic carbocycles. The Kier molecular flexibility index (Phi) is 4.55. The van der Waals surface area contributed by atoms with Gasteiger partial charge in [-0.05, 0) is 23.8 Å². The molecule has 2 N–H and O–H groups in total. The number of nitrogens with zero attached hydrogens (tertiary/aromatic N) is 3. The van der Waals surface area contributed by atoms with Gasteiger partial charge in [-0.3, -0.25) is 4.79 Å². The first-order chi connectivity index (χ1) is 13.1. The second-order valence-electron chi connectivity index (χ2n) is 6.26. The molecular formula is C19H17FN4O3. The fourth-order valence-corrected chi connectivity index (χ4v) is 2.99. The van der Waals surface area contributed by atoms with E-state index >= 15 is 0 Å². The van der Waals surface area contributed by atoms with Crippen molar-refractivity contribution in [3.05, 3.63) is 71.3 Å². The van der Waals surface area contributed by atoms with E-state index in [2.05, 4.69) is 15.6 Å². The number of nitrogens with one attached hydrogen (secondary N) is 1. The van der Waals surface area contributed by atoms with Gasteiger partial charge in [0, 0.05) is 12.0 Å². The number of aliphatic hydroxyl groups is 1. The van der Waals surface area contributed by atoms with Crippen molar-refractivity contribution in [2.45, 2.75) is 19.1 Å². The van der Waals surface area contributed by atoms with E-state index in [0.717, 1.165) is 0 Å². The summed E-state index contributed by atoms with van der Waals surface area (Å²) in [5.74, 6) is -0.309. The number of rotatable bonds is 4. The second kappa shape index (κ2) is 7.16. The first kappa shape index (κ1) is 17.2. The maximum Gasteiger partial charge on any atom is 0.277 e. The van der Waals surface area contributed by atoms with Crippen molar-refractivity contribution in [2.24, 2.45) is 0 Å². The van der Waals surface area contributed by atoms with E-state index in [0.29, 0.717) is 42.1 Å². The van der Waals surface area contributed by atoms with E-state index in [1.807, 2.05) is 0 Å². The van der Waals surface area contributed by atoms with Crippen LogP contribution in [0.5, 0.6) is 5.75 Å². The normalized spacial score (nSPS) is 15.7. The number of para-hydroxylation sites is 1. The molecule has 2 heterocycles. The Morgan fingerprint density at radius 1 is 1.33 bits per heavy atom. The van der Waals surface area contributed by atoms with Gasteiger partial charge < -0.3 is 15.2 Å². The van der Waals surface area contributed by atoms with Gasteiger partial charge in [-0.25, -0.2) is 9.07 Å². The van der Waals surface area contributed by atoms with Gasteiger partial charge in [0.2, 0.25) is 0 Å². The summed E-state index contributed by atoms with van der Waals surface area (Å²) in [5.41, 5.74) is 1.96. The summed E-state index contributed by atoms with van der Waals surface area (Å²) in [6.07, 6.45) is 1.39. The van der Waals surface area contributed by atoms with Gasteiger partial charge in [-0.15, -0.1) is 5.10 Å². The Labute approximate surface area is 154 Å². The van der Waals surface area contributed by atoms with Crippen molar-refractivity contribution in [1.82, 2.24) is 15.0 Å². The standard InChI is InChI=1S/C19H17FN4O3/c20-13-4-1-3-12(9-13)10-24-11-16(22-23-24)19(26)21-15-6-2-5-14-17(25)7-8-27-18(14)15/h1-6,9,11,17,25H,7-8,10H2,(H,21,26). The first-order valence-electron chi connectivity index (χ1n) is 8.50. The average Bonchev–Trinajstić information content (AvgIpc) is 3.11. The number of anilines is 1. The molecule has 1 unspecified atom stereocenters. The highest BCUT2D eigenvalue weighted by molar-refractivity contribution is 6.03. The van der Waals surface area contributed by atoms with Crippen LogP contribution in [-0.4, -0.2) is 32.6 Å². The lowest BCUT2D eigenvalue weighted by Gasteiger charge is -2.24. The molecule has 0 saturated carbocycles. The zero-order valence-electron chi connectivity index (χ0n) is 14.3. The summed E-state index contributed by atoms with van der Waals surface area (Å²) in [6.45, 7) is 0.680. The van der Waals surface area contributed by atoms with Gasteiger partial charge in [0.05, 0.1) is 31.1 Å². The molecule has 2 aromatic carbocycles. The predicted molar refractivity (Wildman–Crippen MR) is 95.0 cm³/mol. The lowest BCUT2D eigenvalue weighted by molar-refractivity contribution is 0.101. The number of fused-ring (bicyclic) bond motifs is 1. The number of benzene rings is 2. The summed E-state index contributed by atoms with van der Waals surface area (Å²) in [6, 6.07) is 11.4. The molecule has 0 spiro atoms. The smallest absolute Gasteiger partial charge is 0.277 e. The van der Waals surface area contributed by atoms with Gasteiger partial charge in [0.15, 0.2) is 5.69 Å². The highest BCUT2D eigenvalue weighted by Crippen LogP contribution is 2.37. The van der Waals surface area contributed by atoms with Crippen LogP contribution < -0.4 is 10.1 Å². The van der Waals surface area contributed by atoms with Gasteiger partial charge in [0.1, 0.15) is 11.6 Å². The van der Waals surface area contributed by atoms with Gasteiger partial charge in [-0.1, -0.05) is 29.5 Å². The number of hydrogen-bond donors (Lipinski definition) is 2. The van der Waals surface area contributed by atoms with Crippen LogP contribution in [0.1, 0.15) is 34.1 Å². The summed E-state index contributed by atoms with van der Waals surface area (Å²) in [5, 5.41) is 20.6. The highest BCUT2D eigenvalue weighted by Gasteiger charge is 2.23. The summed E-state index contributed by atoms with van der Waals surface area (Å²) < 4.78 is 20.3. The van der Waals surface area contributed by atoms with E-state index in [1.165, 1.54) is 23.0 Å². The van der Waals surface area contributed by atoms with Gasteiger partial charge in [-0.2, -0.15) is 0 Å². The second-order valence-corrected chi connectivity index (χ2v) is 6.26. The quantitative estimate of drug-likeness (QED) is 0.739. The maximum atomic E-state index is 13.3. The number of amides is 1. The maximum absolute atomic E-state index is 13.3. The van der Waals surface area contributed by atoms with Crippen LogP contribution in [0.3, 0.4) is 0 Å². The lowest BCUT2D eigenvalue weighted by atomic mass is 10.0. The predicted octanol–water partition coefficient (Wildman–Crippen LogP) is 2.53. The van der Waals surface area contributed by atoms with Crippen LogP contribution in [0.15, 0.2) is 48.7 Å². The molecule has 1 aromatic heterocycles. The molecule has 1 amide bonds. The topological polar surface area (TPSA) is 89.3 Å². The zero-order chi connectivity index (χ0) is 18.8. The number of aromatic nitrogens is 3. The van der Waals surface area contributed by atoms with Crippen LogP contribution in [0.4, 0.5) is 10.1 Å². The molecule has 1 atom stereocenters. The van der Waals surface area contributed by atoms with Crippen LogP contribution >= 0.6 is 0 Å². The third kappa shape index (κ3) is 3.65. The fourth-order valence-electron chi connectivity index (χ4n) is 2.99. The zero-order valence-corrected chi connectivity index (χ0v) is 14.3. The van der Waals surface area contributed by atoms with Crippen LogP contribution in [-0.2, 0) is 6.54 Å². The minimum atomic E-state index is -0.613. The minimum Gasteiger partial charge on any atom is -0.491 e. The molecule has 0 bridgehead atoms. The SMILES string of the molecule is O=C(Nc1cccc2c1OCCC2O)c1cn(Cc2cccc(F)c2)nn1. The molecule has 3 aromatic rings. The van der Waals surface area contributed by atoms with Gasteiger partial charge in [0.25, 0.3) is 5.91 Å². The van der Waals surface area contributed by atoms with Crippen molar-refractivity contribution in [3.63, 3.8) is 0 Å². The summed E-state index contributed by atoms with van der Waals surface area (Å²) in [7, 11) is 0. The summed E-state index contributed by atoms with van der Waals surface area (Å²) in [4.78, 5) is 12.5. The average molecular weight is 368 g/mol. The van der Waals surface area contributed by atoms with Crippen molar-refractivity contribution in [1.29, 1.82) is 0 Å². The molecule has 138 valence electrons. The molecule has 1 aliphatic heterocycles. The highest BCUT2D eigenvalue weighted by atomic mass is 19.1. The van der Waals surface area contributed by atoms with Crippen molar-refractivity contribution in [3.8, 4) is 5.75 Å². The third-order valence-electron chi connectivity index (χ3n) is 4.30. The number of ether oxygens (including phenoxy) is 1. The summed E-state index contributed by atoms with van der Waals surface area (Å²) >= 11 is 0. The van der Waals surface area contributed by atoms with Crippen LogP contribution in [0.2, 0.25) is 0 Å². The number of halogens is 1. The number of carbonyl (C=O) groups is 1. The molecule has 0 fully saturated rings. The Bertz CT molecular complexity index is 989.